The van der Waals surface area contributed by atoms with E-state index in [-0.39, 0.29) is 19.6 Å². The van der Waals surface area contributed by atoms with Gasteiger partial charge in [-0.25, -0.2) is 4.79 Å². The van der Waals surface area contributed by atoms with Gasteiger partial charge in [-0.1, -0.05) is 30.3 Å². The van der Waals surface area contributed by atoms with Crippen LogP contribution in [0, 0.1) is 0 Å². The Hall–Kier alpha value is -1.63. The minimum absolute atomic E-state index is 0.141. The normalized spacial score (nSPS) is 13.6. The lowest BCUT2D eigenvalue weighted by Crippen LogP contribution is -2.34. The van der Waals surface area contributed by atoms with Crippen LogP contribution in [-0.2, 0) is 11.3 Å². The van der Waals surface area contributed by atoms with Gasteiger partial charge in [0.05, 0.1) is 12.7 Å². The van der Waals surface area contributed by atoms with E-state index in [4.69, 9.17) is 14.9 Å². The van der Waals surface area contributed by atoms with E-state index in [1.165, 1.54) is 0 Å². The standard InChI is InChI=1S/C13H19NO5/c15-8-12(17)11(16)6-7-14-13(18)19-9-10-4-2-1-3-5-10/h1-5,11-12,15-17H,6-9H2,(H,14,18). The van der Waals surface area contributed by atoms with E-state index in [1.54, 1.807) is 0 Å². The van der Waals surface area contributed by atoms with Gasteiger partial charge in [0, 0.05) is 6.54 Å². The van der Waals surface area contributed by atoms with Gasteiger partial charge in [-0.15, -0.1) is 0 Å². The molecule has 2 unspecified atom stereocenters. The van der Waals surface area contributed by atoms with E-state index in [9.17, 15) is 9.90 Å². The zero-order valence-corrected chi connectivity index (χ0v) is 10.5. The summed E-state index contributed by atoms with van der Waals surface area (Å²) in [5.74, 6) is 0. The number of nitrogens with one attached hydrogen (secondary N) is 1. The second-order valence-electron chi connectivity index (χ2n) is 4.09. The van der Waals surface area contributed by atoms with Gasteiger partial charge in [0.15, 0.2) is 0 Å². The molecular formula is C13H19NO5. The predicted molar refractivity (Wildman–Crippen MR) is 68.3 cm³/mol. The maximum absolute atomic E-state index is 11.3. The topological polar surface area (TPSA) is 99.0 Å². The lowest BCUT2D eigenvalue weighted by molar-refractivity contribution is -0.0171. The van der Waals surface area contributed by atoms with Crippen molar-refractivity contribution in [3.05, 3.63) is 35.9 Å². The molecule has 0 radical (unpaired) electrons. The molecule has 1 aromatic rings. The first-order chi connectivity index (χ1) is 9.13. The molecule has 0 saturated carbocycles. The van der Waals surface area contributed by atoms with Crippen molar-refractivity contribution in [2.45, 2.75) is 25.2 Å². The molecule has 106 valence electrons. The van der Waals surface area contributed by atoms with Crippen LogP contribution in [0.2, 0.25) is 0 Å². The SMILES string of the molecule is O=C(NCCC(O)C(O)CO)OCc1ccccc1. The molecule has 0 aliphatic heterocycles. The summed E-state index contributed by atoms with van der Waals surface area (Å²) in [6.07, 6.45) is -2.71. The van der Waals surface area contributed by atoms with Gasteiger partial charge >= 0.3 is 6.09 Å². The van der Waals surface area contributed by atoms with Crippen molar-refractivity contribution < 1.29 is 24.9 Å². The fourth-order valence-corrected chi connectivity index (χ4v) is 1.41. The molecular weight excluding hydrogens is 250 g/mol. The molecule has 0 heterocycles. The van der Waals surface area contributed by atoms with Crippen molar-refractivity contribution in [2.75, 3.05) is 13.2 Å². The summed E-state index contributed by atoms with van der Waals surface area (Å²) in [6.45, 7) is -0.181. The number of benzene rings is 1. The Labute approximate surface area is 111 Å². The number of aliphatic hydroxyl groups excluding tert-OH is 3. The van der Waals surface area contributed by atoms with Crippen molar-refractivity contribution in [3.63, 3.8) is 0 Å². The molecule has 0 spiro atoms. The Kier molecular flexibility index (Phi) is 6.88. The van der Waals surface area contributed by atoms with E-state index in [1.807, 2.05) is 30.3 Å². The Balaban J connectivity index is 2.15. The predicted octanol–water partition coefficient (Wildman–Crippen LogP) is 0.0170. The highest BCUT2D eigenvalue weighted by Crippen LogP contribution is 2.01. The minimum atomic E-state index is -1.19. The number of hydrogen-bond donors (Lipinski definition) is 4. The third-order valence-electron chi connectivity index (χ3n) is 2.55. The number of carbonyl (C=O) groups is 1. The average Bonchev–Trinajstić information content (AvgIpc) is 2.45. The molecule has 2 atom stereocenters. The van der Waals surface area contributed by atoms with Gasteiger partial charge in [-0.05, 0) is 12.0 Å². The Bertz CT molecular complexity index is 371. The molecule has 0 aliphatic carbocycles. The van der Waals surface area contributed by atoms with Crippen LogP contribution in [0.4, 0.5) is 4.79 Å². The van der Waals surface area contributed by atoms with E-state index in [0.717, 1.165) is 5.56 Å². The third-order valence-corrected chi connectivity index (χ3v) is 2.55. The van der Waals surface area contributed by atoms with Crippen LogP contribution in [0.25, 0.3) is 0 Å². The highest BCUT2D eigenvalue weighted by Gasteiger charge is 2.14. The second kappa shape index (κ2) is 8.47. The summed E-state index contributed by atoms with van der Waals surface area (Å²) in [5.41, 5.74) is 0.883. The van der Waals surface area contributed by atoms with Gasteiger partial charge in [-0.2, -0.15) is 0 Å². The molecule has 4 N–H and O–H groups in total. The first-order valence-electron chi connectivity index (χ1n) is 6.05. The summed E-state index contributed by atoms with van der Waals surface area (Å²) in [4.78, 5) is 11.3. The highest BCUT2D eigenvalue weighted by atomic mass is 16.5. The molecule has 6 nitrogen and oxygen atoms in total. The van der Waals surface area contributed by atoms with Crippen LogP contribution >= 0.6 is 0 Å². The molecule has 19 heavy (non-hydrogen) atoms. The Morgan fingerprint density at radius 3 is 2.53 bits per heavy atom. The number of rotatable bonds is 7. The van der Waals surface area contributed by atoms with Gasteiger partial charge in [0.2, 0.25) is 0 Å². The van der Waals surface area contributed by atoms with E-state index < -0.39 is 24.9 Å². The number of amides is 1. The molecule has 0 saturated heterocycles. The first-order valence-corrected chi connectivity index (χ1v) is 6.05. The average molecular weight is 269 g/mol. The maximum atomic E-state index is 11.3. The number of carbonyl (C=O) groups excluding carboxylic acids is 1. The van der Waals surface area contributed by atoms with Crippen LogP contribution in [0.3, 0.4) is 0 Å². The van der Waals surface area contributed by atoms with Crippen LogP contribution < -0.4 is 5.32 Å². The van der Waals surface area contributed by atoms with Crippen molar-refractivity contribution in [1.82, 2.24) is 5.32 Å². The number of ether oxygens (including phenoxy) is 1. The van der Waals surface area contributed by atoms with E-state index in [2.05, 4.69) is 5.32 Å². The summed E-state index contributed by atoms with van der Waals surface area (Å²) >= 11 is 0. The summed E-state index contributed by atoms with van der Waals surface area (Å²) in [6, 6.07) is 9.26. The fourth-order valence-electron chi connectivity index (χ4n) is 1.41. The molecule has 1 aromatic carbocycles. The second-order valence-corrected chi connectivity index (χ2v) is 4.09. The Morgan fingerprint density at radius 2 is 1.89 bits per heavy atom. The molecule has 1 rings (SSSR count). The van der Waals surface area contributed by atoms with Gasteiger partial charge in [0.25, 0.3) is 0 Å². The van der Waals surface area contributed by atoms with Gasteiger partial charge < -0.3 is 25.4 Å². The molecule has 6 heteroatoms. The van der Waals surface area contributed by atoms with Crippen molar-refractivity contribution >= 4 is 6.09 Å². The number of hydrogen-bond acceptors (Lipinski definition) is 5. The summed E-state index contributed by atoms with van der Waals surface area (Å²) < 4.78 is 4.95. The smallest absolute Gasteiger partial charge is 0.407 e. The van der Waals surface area contributed by atoms with E-state index in [0.29, 0.717) is 0 Å². The number of alkyl carbamates (subject to hydrolysis) is 1. The van der Waals surface area contributed by atoms with Crippen LogP contribution in [0.1, 0.15) is 12.0 Å². The largest absolute Gasteiger partial charge is 0.445 e. The molecule has 0 aliphatic rings. The highest BCUT2D eigenvalue weighted by molar-refractivity contribution is 5.67. The molecule has 0 bridgehead atoms. The zero-order valence-electron chi connectivity index (χ0n) is 10.5. The van der Waals surface area contributed by atoms with Gasteiger partial charge in [-0.3, -0.25) is 0 Å². The van der Waals surface area contributed by atoms with Gasteiger partial charge in [0.1, 0.15) is 12.7 Å². The lowest BCUT2D eigenvalue weighted by atomic mass is 10.1. The van der Waals surface area contributed by atoms with E-state index >= 15 is 0 Å². The Morgan fingerprint density at radius 1 is 1.21 bits per heavy atom. The zero-order chi connectivity index (χ0) is 14.1. The first kappa shape index (κ1) is 15.4. The molecule has 0 fully saturated rings. The minimum Gasteiger partial charge on any atom is -0.445 e. The van der Waals surface area contributed by atoms with Crippen LogP contribution in [0.5, 0.6) is 0 Å². The van der Waals surface area contributed by atoms with Crippen LogP contribution in [-0.4, -0.2) is 46.8 Å². The van der Waals surface area contributed by atoms with Crippen LogP contribution in [0.15, 0.2) is 30.3 Å². The lowest BCUT2D eigenvalue weighted by Gasteiger charge is -2.15. The quantitative estimate of drug-likeness (QED) is 0.559. The monoisotopic (exact) mass is 269 g/mol. The maximum Gasteiger partial charge on any atom is 0.407 e. The van der Waals surface area contributed by atoms with Crippen molar-refractivity contribution in [1.29, 1.82) is 0 Å². The fraction of sp³-hybridized carbons (Fsp3) is 0.462. The summed E-state index contributed by atoms with van der Waals surface area (Å²) in [7, 11) is 0. The van der Waals surface area contributed by atoms with Crippen molar-refractivity contribution in [2.24, 2.45) is 0 Å². The third kappa shape index (κ3) is 6.19. The van der Waals surface area contributed by atoms with Crippen molar-refractivity contribution in [3.8, 4) is 0 Å². The molecule has 1 amide bonds. The molecule has 0 aromatic heterocycles. The number of aliphatic hydroxyl groups is 3. The summed E-state index contributed by atoms with van der Waals surface area (Å²) in [5, 5.41) is 29.5.